The molecule has 1 heterocycles. The summed E-state index contributed by atoms with van der Waals surface area (Å²) in [4.78, 5) is 4.39. The molecular weight excluding hydrogens is 166 g/mol. The van der Waals surface area contributed by atoms with Crippen molar-refractivity contribution in [1.82, 2.24) is 0 Å². The van der Waals surface area contributed by atoms with E-state index < -0.39 is 0 Å². The Bertz CT molecular complexity index is 237. The van der Waals surface area contributed by atoms with Crippen molar-refractivity contribution in [2.45, 2.75) is 18.6 Å². The Morgan fingerprint density at radius 1 is 1.62 bits per heavy atom. The van der Waals surface area contributed by atoms with Crippen LogP contribution in [0.2, 0.25) is 0 Å². The minimum atomic E-state index is 0.103. The summed E-state index contributed by atoms with van der Waals surface area (Å²) in [5, 5.41) is 8.96. The van der Waals surface area contributed by atoms with Crippen LogP contribution < -0.4 is 0 Å². The van der Waals surface area contributed by atoms with Gasteiger partial charge in [-0.25, -0.2) is 0 Å². The van der Waals surface area contributed by atoms with E-state index in [0.29, 0.717) is 11.8 Å². The molecule has 1 N–H and O–H groups in total. The van der Waals surface area contributed by atoms with Crippen LogP contribution >= 0.6 is 0 Å². The Morgan fingerprint density at radius 2 is 2.46 bits per heavy atom. The van der Waals surface area contributed by atoms with Gasteiger partial charge < -0.3 is 9.84 Å². The fraction of sp³-hybridized carbons (Fsp3) is 0.700. The highest BCUT2D eigenvalue weighted by atomic mass is 16.5. The van der Waals surface area contributed by atoms with Crippen molar-refractivity contribution in [3.63, 3.8) is 0 Å². The molecule has 0 amide bonds. The number of dihydropyridines is 1. The maximum Gasteiger partial charge on any atom is 0.0981 e. The van der Waals surface area contributed by atoms with Crippen LogP contribution in [0.15, 0.2) is 17.1 Å². The first kappa shape index (κ1) is 8.91. The predicted molar refractivity (Wildman–Crippen MR) is 50.9 cm³/mol. The summed E-state index contributed by atoms with van der Waals surface area (Å²) in [6, 6.07) is 0.229. The molecule has 4 atom stereocenters. The fourth-order valence-corrected chi connectivity index (χ4v) is 1.98. The van der Waals surface area contributed by atoms with Crippen molar-refractivity contribution in [3.8, 4) is 0 Å². The van der Waals surface area contributed by atoms with E-state index in [1.54, 1.807) is 7.11 Å². The van der Waals surface area contributed by atoms with Crippen LogP contribution in [0.3, 0.4) is 0 Å². The molecular formula is C10H15NO2. The summed E-state index contributed by atoms with van der Waals surface area (Å²) in [6.45, 7) is 0.289. The quantitative estimate of drug-likeness (QED) is 0.694. The maximum atomic E-state index is 8.96. The highest BCUT2D eigenvalue weighted by Crippen LogP contribution is 2.44. The number of aliphatic hydroxyl groups excluding tert-OH is 1. The second-order valence-electron chi connectivity index (χ2n) is 3.72. The number of allylic oxidation sites excluding steroid dienone is 1. The lowest BCUT2D eigenvalue weighted by molar-refractivity contribution is 0.107. The van der Waals surface area contributed by atoms with E-state index in [2.05, 4.69) is 4.99 Å². The number of methoxy groups -OCH3 is 1. The van der Waals surface area contributed by atoms with Crippen LogP contribution in [0.1, 0.15) is 6.42 Å². The van der Waals surface area contributed by atoms with Gasteiger partial charge in [0.2, 0.25) is 0 Å². The number of aliphatic hydroxyl groups is 1. The van der Waals surface area contributed by atoms with Crippen LogP contribution in [-0.2, 0) is 4.74 Å². The van der Waals surface area contributed by atoms with E-state index in [9.17, 15) is 0 Å². The van der Waals surface area contributed by atoms with Gasteiger partial charge in [-0.15, -0.1) is 0 Å². The Kier molecular flexibility index (Phi) is 2.47. The zero-order valence-electron chi connectivity index (χ0n) is 7.76. The van der Waals surface area contributed by atoms with Gasteiger partial charge in [-0.05, 0) is 24.3 Å². The number of hydrogen-bond acceptors (Lipinski definition) is 3. The van der Waals surface area contributed by atoms with Crippen molar-refractivity contribution >= 4 is 6.21 Å². The Hall–Kier alpha value is -0.670. The van der Waals surface area contributed by atoms with Gasteiger partial charge in [-0.2, -0.15) is 0 Å². The van der Waals surface area contributed by atoms with Gasteiger partial charge >= 0.3 is 0 Å². The molecule has 0 aromatic carbocycles. The first-order chi connectivity index (χ1) is 6.36. The zero-order valence-corrected chi connectivity index (χ0v) is 7.76. The van der Waals surface area contributed by atoms with Crippen molar-refractivity contribution < 1.29 is 9.84 Å². The highest BCUT2D eigenvalue weighted by molar-refractivity contribution is 5.72. The molecule has 0 bridgehead atoms. The summed E-state index contributed by atoms with van der Waals surface area (Å²) < 4.78 is 5.32. The molecule has 0 saturated heterocycles. The molecule has 72 valence electrons. The lowest BCUT2D eigenvalue weighted by Gasteiger charge is -2.22. The van der Waals surface area contributed by atoms with E-state index in [1.807, 2.05) is 18.4 Å². The first-order valence-corrected chi connectivity index (χ1v) is 4.70. The van der Waals surface area contributed by atoms with Crippen LogP contribution in [0, 0.1) is 11.8 Å². The van der Waals surface area contributed by atoms with Gasteiger partial charge in [0.15, 0.2) is 0 Å². The highest BCUT2D eigenvalue weighted by Gasteiger charge is 2.45. The van der Waals surface area contributed by atoms with Gasteiger partial charge in [0, 0.05) is 19.9 Å². The average Bonchev–Trinajstić information content (AvgIpc) is 2.96. The molecule has 1 aliphatic carbocycles. The van der Waals surface area contributed by atoms with Crippen molar-refractivity contribution in [1.29, 1.82) is 0 Å². The number of aliphatic imine (C=N–C) groups is 1. The molecule has 0 spiro atoms. The van der Waals surface area contributed by atoms with E-state index in [0.717, 1.165) is 6.42 Å². The van der Waals surface area contributed by atoms with Crippen LogP contribution in [0.4, 0.5) is 0 Å². The number of ether oxygens (including phenoxy) is 1. The summed E-state index contributed by atoms with van der Waals surface area (Å²) in [7, 11) is 1.71. The van der Waals surface area contributed by atoms with Crippen LogP contribution in [-0.4, -0.2) is 37.2 Å². The minimum absolute atomic E-state index is 0.103. The summed E-state index contributed by atoms with van der Waals surface area (Å²) in [5.74, 6) is 0.974. The van der Waals surface area contributed by atoms with Gasteiger partial charge in [0.1, 0.15) is 0 Å². The number of nitrogens with zero attached hydrogens (tertiary/aromatic N) is 1. The topological polar surface area (TPSA) is 41.8 Å². The molecule has 1 fully saturated rings. The summed E-state index contributed by atoms with van der Waals surface area (Å²) in [5.41, 5.74) is 0. The van der Waals surface area contributed by atoms with Crippen LogP contribution in [0.5, 0.6) is 0 Å². The molecule has 0 aromatic heterocycles. The molecule has 2 aliphatic rings. The van der Waals surface area contributed by atoms with Gasteiger partial charge in [-0.3, -0.25) is 4.99 Å². The molecule has 2 rings (SSSR count). The molecule has 0 radical (unpaired) electrons. The normalized spacial score (nSPS) is 42.3. The lowest BCUT2D eigenvalue weighted by Crippen LogP contribution is -2.29. The van der Waals surface area contributed by atoms with Gasteiger partial charge in [0.05, 0.1) is 12.1 Å². The van der Waals surface area contributed by atoms with Crippen molar-refractivity contribution in [2.75, 3.05) is 13.7 Å². The molecule has 3 nitrogen and oxygen atoms in total. The Morgan fingerprint density at radius 3 is 3.08 bits per heavy atom. The van der Waals surface area contributed by atoms with E-state index in [4.69, 9.17) is 9.84 Å². The molecule has 0 aromatic rings. The number of hydrogen-bond donors (Lipinski definition) is 1. The number of rotatable bonds is 3. The SMILES string of the molecule is COC1C=CC=NC1[C@H]1C[C@@H]1CO. The monoisotopic (exact) mass is 181 g/mol. The van der Waals surface area contributed by atoms with E-state index in [1.165, 1.54) is 0 Å². The van der Waals surface area contributed by atoms with Gasteiger partial charge in [0.25, 0.3) is 0 Å². The largest absolute Gasteiger partial charge is 0.396 e. The second-order valence-corrected chi connectivity index (χ2v) is 3.72. The second kappa shape index (κ2) is 3.60. The first-order valence-electron chi connectivity index (χ1n) is 4.70. The Labute approximate surface area is 78.1 Å². The van der Waals surface area contributed by atoms with E-state index in [-0.39, 0.29) is 18.8 Å². The summed E-state index contributed by atoms with van der Waals surface area (Å²) >= 11 is 0. The minimum Gasteiger partial charge on any atom is -0.396 e. The molecule has 1 saturated carbocycles. The van der Waals surface area contributed by atoms with Crippen LogP contribution in [0.25, 0.3) is 0 Å². The van der Waals surface area contributed by atoms with Crippen molar-refractivity contribution in [3.05, 3.63) is 12.2 Å². The fourth-order valence-electron chi connectivity index (χ4n) is 1.98. The maximum absolute atomic E-state index is 8.96. The molecule has 13 heavy (non-hydrogen) atoms. The predicted octanol–water partition coefficient (Wildman–Crippen LogP) is 0.639. The summed E-state index contributed by atoms with van der Waals surface area (Å²) in [6.07, 6.45) is 6.97. The van der Waals surface area contributed by atoms with E-state index >= 15 is 0 Å². The van der Waals surface area contributed by atoms with Gasteiger partial charge in [-0.1, -0.05) is 6.08 Å². The molecule has 2 unspecified atom stereocenters. The average molecular weight is 181 g/mol. The third kappa shape index (κ3) is 1.67. The van der Waals surface area contributed by atoms with Crippen molar-refractivity contribution in [2.24, 2.45) is 16.8 Å². The molecule has 1 aliphatic heterocycles. The lowest BCUT2D eigenvalue weighted by atomic mass is 10.0. The Balaban J connectivity index is 1.98. The molecule has 3 heteroatoms. The third-order valence-electron chi connectivity index (χ3n) is 2.90. The smallest absolute Gasteiger partial charge is 0.0981 e. The third-order valence-corrected chi connectivity index (χ3v) is 2.90. The zero-order chi connectivity index (χ0) is 9.26. The standard InChI is InChI=1S/C10H15NO2/c1-13-9-3-2-4-11-10(9)8-5-7(8)6-12/h2-4,7-10,12H,5-6H2,1H3/t7-,8+,9?,10?/m1/s1.